The quantitative estimate of drug-likeness (QED) is 0.449. The molecule has 1 aliphatic heterocycles. The minimum absolute atomic E-state index is 0.0482. The van der Waals surface area contributed by atoms with Crippen molar-refractivity contribution in [1.29, 1.82) is 5.26 Å². The van der Waals surface area contributed by atoms with Gasteiger partial charge in [0.05, 0.1) is 29.6 Å². The maximum Gasteiger partial charge on any atom is 0.240 e. The lowest BCUT2D eigenvalue weighted by Gasteiger charge is -2.25. The van der Waals surface area contributed by atoms with Gasteiger partial charge in [0.15, 0.2) is 16.7 Å². The first-order chi connectivity index (χ1) is 16.1. The van der Waals surface area contributed by atoms with Crippen molar-refractivity contribution in [3.05, 3.63) is 54.7 Å². The van der Waals surface area contributed by atoms with E-state index in [1.807, 2.05) is 61.7 Å². The predicted octanol–water partition coefficient (Wildman–Crippen LogP) is 4.77. The van der Waals surface area contributed by atoms with E-state index in [1.54, 1.807) is 4.90 Å². The van der Waals surface area contributed by atoms with Gasteiger partial charge in [0, 0.05) is 24.3 Å². The first-order valence-electron chi connectivity index (χ1n) is 11.0. The van der Waals surface area contributed by atoms with E-state index < -0.39 is 0 Å². The number of aromatic nitrogens is 2. The SMILES string of the molecule is CCn1c(-c2ccc3c(c2)OCCO3)cnc1SC(C)C(=O)N(CCC#N)c1ccccc1. The first kappa shape index (κ1) is 22.7. The molecule has 1 aromatic heterocycles. The van der Waals surface area contributed by atoms with Crippen LogP contribution in [0.3, 0.4) is 0 Å². The second kappa shape index (κ2) is 10.5. The molecule has 3 aromatic rings. The van der Waals surface area contributed by atoms with E-state index in [0.717, 1.165) is 33.6 Å². The van der Waals surface area contributed by atoms with Gasteiger partial charge in [0.25, 0.3) is 0 Å². The number of ether oxygens (including phenoxy) is 2. The molecule has 1 unspecified atom stereocenters. The third kappa shape index (κ3) is 4.99. The van der Waals surface area contributed by atoms with Crippen molar-refractivity contribution < 1.29 is 14.3 Å². The van der Waals surface area contributed by atoms with Crippen molar-refractivity contribution >= 4 is 23.4 Å². The summed E-state index contributed by atoms with van der Waals surface area (Å²) in [4.78, 5) is 19.6. The number of rotatable bonds is 8. The monoisotopic (exact) mass is 462 g/mol. The number of anilines is 1. The maximum absolute atomic E-state index is 13.3. The molecule has 2 heterocycles. The highest BCUT2D eigenvalue weighted by Crippen LogP contribution is 2.36. The van der Waals surface area contributed by atoms with E-state index in [9.17, 15) is 4.79 Å². The number of hydrogen-bond donors (Lipinski definition) is 0. The lowest BCUT2D eigenvalue weighted by molar-refractivity contribution is -0.117. The zero-order valence-corrected chi connectivity index (χ0v) is 19.5. The molecule has 0 spiro atoms. The second-order valence-corrected chi connectivity index (χ2v) is 8.83. The van der Waals surface area contributed by atoms with Gasteiger partial charge in [0.1, 0.15) is 13.2 Å². The summed E-state index contributed by atoms with van der Waals surface area (Å²) in [6.07, 6.45) is 2.11. The Morgan fingerprint density at radius 1 is 1.21 bits per heavy atom. The highest BCUT2D eigenvalue weighted by atomic mass is 32.2. The first-order valence-corrected chi connectivity index (χ1v) is 11.9. The molecule has 7 nitrogen and oxygen atoms in total. The molecular formula is C25H26N4O3S. The summed E-state index contributed by atoms with van der Waals surface area (Å²) < 4.78 is 13.5. The number of thioether (sulfide) groups is 1. The molecule has 2 aromatic carbocycles. The van der Waals surface area contributed by atoms with E-state index in [1.165, 1.54) is 11.8 Å². The largest absolute Gasteiger partial charge is 0.486 e. The zero-order valence-electron chi connectivity index (χ0n) is 18.7. The fourth-order valence-electron chi connectivity index (χ4n) is 3.76. The Balaban J connectivity index is 1.55. The summed E-state index contributed by atoms with van der Waals surface area (Å²) in [7, 11) is 0. The Hall–Kier alpha value is -3.44. The van der Waals surface area contributed by atoms with Gasteiger partial charge < -0.3 is 18.9 Å². The third-order valence-electron chi connectivity index (χ3n) is 5.38. The van der Waals surface area contributed by atoms with Crippen LogP contribution in [-0.4, -0.2) is 40.5 Å². The van der Waals surface area contributed by atoms with Crippen molar-refractivity contribution in [2.24, 2.45) is 0 Å². The van der Waals surface area contributed by atoms with Crippen molar-refractivity contribution in [1.82, 2.24) is 9.55 Å². The predicted molar refractivity (Wildman–Crippen MR) is 129 cm³/mol. The van der Waals surface area contributed by atoms with Gasteiger partial charge in [-0.05, 0) is 44.2 Å². The number of fused-ring (bicyclic) bond motifs is 1. The number of carbonyl (C=O) groups is 1. The lowest BCUT2D eigenvalue weighted by Crippen LogP contribution is -2.37. The number of imidazole rings is 1. The molecule has 4 rings (SSSR count). The van der Waals surface area contributed by atoms with Crippen molar-refractivity contribution in [2.75, 3.05) is 24.7 Å². The molecule has 1 amide bonds. The van der Waals surface area contributed by atoms with Crippen LogP contribution in [0.1, 0.15) is 20.3 Å². The van der Waals surface area contributed by atoms with Crippen LogP contribution < -0.4 is 14.4 Å². The van der Waals surface area contributed by atoms with E-state index in [4.69, 9.17) is 14.7 Å². The van der Waals surface area contributed by atoms with Crippen LogP contribution in [0.25, 0.3) is 11.3 Å². The minimum atomic E-state index is -0.371. The molecule has 170 valence electrons. The van der Waals surface area contributed by atoms with Gasteiger partial charge in [-0.1, -0.05) is 30.0 Å². The van der Waals surface area contributed by atoms with Crippen LogP contribution in [0.2, 0.25) is 0 Å². The van der Waals surface area contributed by atoms with Gasteiger partial charge in [-0.15, -0.1) is 0 Å². The van der Waals surface area contributed by atoms with Crippen molar-refractivity contribution in [3.63, 3.8) is 0 Å². The number of hydrogen-bond acceptors (Lipinski definition) is 6. The zero-order chi connectivity index (χ0) is 23.2. The standard InChI is InChI=1S/C25H26N4O3S/c1-3-28-21(19-10-11-22-23(16-19)32-15-14-31-22)17-27-25(28)33-18(2)24(30)29(13-7-12-26)20-8-5-4-6-9-20/h4-6,8-11,16-18H,3,7,13-15H2,1-2H3. The average molecular weight is 463 g/mol. The lowest BCUT2D eigenvalue weighted by atomic mass is 10.1. The molecule has 0 saturated heterocycles. The summed E-state index contributed by atoms with van der Waals surface area (Å²) in [5, 5.41) is 9.45. The highest BCUT2D eigenvalue weighted by molar-refractivity contribution is 8.00. The van der Waals surface area contributed by atoms with Gasteiger partial charge in [0.2, 0.25) is 5.91 Å². The van der Waals surface area contributed by atoms with Gasteiger partial charge in [-0.3, -0.25) is 4.79 Å². The number of benzene rings is 2. The molecule has 1 atom stereocenters. The molecule has 1 aliphatic rings. The Morgan fingerprint density at radius 2 is 1.97 bits per heavy atom. The van der Waals surface area contributed by atoms with E-state index >= 15 is 0 Å². The summed E-state index contributed by atoms with van der Waals surface area (Å²) in [5.41, 5.74) is 2.74. The minimum Gasteiger partial charge on any atom is -0.486 e. The van der Waals surface area contributed by atoms with Crippen LogP contribution in [0.5, 0.6) is 11.5 Å². The summed E-state index contributed by atoms with van der Waals surface area (Å²) >= 11 is 1.43. The highest BCUT2D eigenvalue weighted by Gasteiger charge is 2.25. The Kier molecular flexibility index (Phi) is 7.20. The van der Waals surface area contributed by atoms with Crippen LogP contribution >= 0.6 is 11.8 Å². The van der Waals surface area contributed by atoms with Gasteiger partial charge >= 0.3 is 0 Å². The molecule has 0 bridgehead atoms. The Labute approximate surface area is 197 Å². The molecular weight excluding hydrogens is 436 g/mol. The Bertz CT molecular complexity index is 1160. The number of amides is 1. The normalized spacial score (nSPS) is 13.2. The maximum atomic E-state index is 13.3. The fraction of sp³-hybridized carbons (Fsp3) is 0.320. The second-order valence-electron chi connectivity index (χ2n) is 7.52. The van der Waals surface area contributed by atoms with E-state index in [-0.39, 0.29) is 17.6 Å². The van der Waals surface area contributed by atoms with E-state index in [2.05, 4.69) is 22.5 Å². The number of carbonyl (C=O) groups excluding carboxylic acids is 1. The molecule has 33 heavy (non-hydrogen) atoms. The average Bonchev–Trinajstić information content (AvgIpc) is 3.26. The molecule has 8 heteroatoms. The van der Waals surface area contributed by atoms with Crippen molar-refractivity contribution in [2.45, 2.75) is 37.2 Å². The van der Waals surface area contributed by atoms with Gasteiger partial charge in [-0.25, -0.2) is 4.98 Å². The summed E-state index contributed by atoms with van der Waals surface area (Å²) in [6.45, 7) is 6.10. The van der Waals surface area contributed by atoms with Crippen LogP contribution in [0.4, 0.5) is 5.69 Å². The van der Waals surface area contributed by atoms with Crippen molar-refractivity contribution in [3.8, 4) is 28.8 Å². The van der Waals surface area contributed by atoms with Crippen LogP contribution in [0.15, 0.2) is 59.9 Å². The molecule has 0 saturated carbocycles. The molecule has 0 radical (unpaired) electrons. The molecule has 0 fully saturated rings. The topological polar surface area (TPSA) is 80.4 Å². The van der Waals surface area contributed by atoms with Gasteiger partial charge in [-0.2, -0.15) is 5.26 Å². The fourth-order valence-corrected chi connectivity index (χ4v) is 4.77. The number of para-hydroxylation sites is 1. The smallest absolute Gasteiger partial charge is 0.240 e. The van der Waals surface area contributed by atoms with Crippen LogP contribution in [-0.2, 0) is 11.3 Å². The molecule has 0 N–H and O–H groups in total. The van der Waals surface area contributed by atoms with Crippen LogP contribution in [0, 0.1) is 11.3 Å². The number of nitrogens with zero attached hydrogens (tertiary/aromatic N) is 4. The summed E-state index contributed by atoms with van der Waals surface area (Å²) in [5.74, 6) is 1.43. The van der Waals surface area contributed by atoms with E-state index in [0.29, 0.717) is 26.3 Å². The molecule has 0 aliphatic carbocycles. The summed E-state index contributed by atoms with van der Waals surface area (Å²) in [6, 6.07) is 17.5. The number of nitriles is 1. The third-order valence-corrected chi connectivity index (χ3v) is 6.48. The Morgan fingerprint density at radius 3 is 2.70 bits per heavy atom.